The zero-order valence-electron chi connectivity index (χ0n) is 11.4. The van der Waals surface area contributed by atoms with Gasteiger partial charge in [-0.2, -0.15) is 5.26 Å². The van der Waals surface area contributed by atoms with Crippen molar-refractivity contribution in [2.45, 2.75) is 6.92 Å². The van der Waals surface area contributed by atoms with Crippen LogP contribution in [0.15, 0.2) is 24.3 Å². The zero-order valence-corrected chi connectivity index (χ0v) is 12.2. The summed E-state index contributed by atoms with van der Waals surface area (Å²) in [5.74, 6) is -0.441. The molecule has 0 amide bonds. The van der Waals surface area contributed by atoms with Gasteiger partial charge in [0.05, 0.1) is 18.7 Å². The van der Waals surface area contributed by atoms with E-state index in [1.54, 1.807) is 12.1 Å². The molecule has 6 heteroatoms. The van der Waals surface area contributed by atoms with Crippen LogP contribution in [0.4, 0.5) is 10.8 Å². The molecular formula is C14H13N3O2S. The summed E-state index contributed by atoms with van der Waals surface area (Å²) in [5.41, 5.74) is 1.75. The minimum absolute atomic E-state index is 0.329. The van der Waals surface area contributed by atoms with E-state index in [0.717, 1.165) is 10.6 Å². The molecule has 1 aromatic carbocycles. The average Bonchev–Trinajstić information content (AvgIpc) is 2.87. The normalized spacial score (nSPS) is 9.90. The van der Waals surface area contributed by atoms with E-state index in [9.17, 15) is 4.79 Å². The number of thiazole rings is 1. The highest BCUT2D eigenvalue weighted by molar-refractivity contribution is 7.15. The van der Waals surface area contributed by atoms with Crippen molar-refractivity contribution in [3.8, 4) is 6.07 Å². The van der Waals surface area contributed by atoms with Crippen LogP contribution < -0.4 is 4.90 Å². The minimum Gasteiger partial charge on any atom is -0.464 e. The van der Waals surface area contributed by atoms with Gasteiger partial charge in [-0.25, -0.2) is 9.78 Å². The summed E-state index contributed by atoms with van der Waals surface area (Å²) >= 11 is 1.41. The molecule has 0 unspecified atom stereocenters. The number of aromatic nitrogens is 1. The second-order valence-electron chi connectivity index (χ2n) is 4.11. The molecule has 0 aliphatic carbocycles. The van der Waals surface area contributed by atoms with Crippen LogP contribution in [-0.4, -0.2) is 25.1 Å². The number of ether oxygens (including phenoxy) is 1. The highest BCUT2D eigenvalue weighted by Gasteiger charge is 2.18. The number of benzene rings is 1. The first-order valence-corrected chi connectivity index (χ1v) is 6.68. The summed E-state index contributed by atoms with van der Waals surface area (Å²) in [4.78, 5) is 18.5. The van der Waals surface area contributed by atoms with Crippen LogP contribution in [0.5, 0.6) is 0 Å². The number of anilines is 2. The van der Waals surface area contributed by atoms with Gasteiger partial charge in [0.1, 0.15) is 0 Å². The standard InChI is InChI=1S/C14H13N3O2S/c1-9-12(13(18)19-3)16-14(20-9)17(2)11-6-4-5-10(7-11)8-15/h4-7H,1-3H3. The Balaban J connectivity index is 2.36. The first kappa shape index (κ1) is 14.0. The predicted molar refractivity (Wildman–Crippen MR) is 77.4 cm³/mol. The predicted octanol–water partition coefficient (Wildman–Crippen LogP) is 2.88. The van der Waals surface area contributed by atoms with Gasteiger partial charge in [-0.15, -0.1) is 11.3 Å². The summed E-state index contributed by atoms with van der Waals surface area (Å²) in [7, 11) is 3.18. The molecule has 20 heavy (non-hydrogen) atoms. The van der Waals surface area contributed by atoms with Crippen LogP contribution in [0.2, 0.25) is 0 Å². The highest BCUT2D eigenvalue weighted by Crippen LogP contribution is 2.30. The molecule has 0 spiro atoms. The first-order chi connectivity index (χ1) is 9.56. The quantitative estimate of drug-likeness (QED) is 0.812. The number of esters is 1. The molecule has 0 saturated carbocycles. The second kappa shape index (κ2) is 5.72. The number of aryl methyl sites for hydroxylation is 1. The number of carbonyl (C=O) groups excluding carboxylic acids is 1. The van der Waals surface area contributed by atoms with Gasteiger partial charge >= 0.3 is 5.97 Å². The Bertz CT molecular complexity index is 688. The lowest BCUT2D eigenvalue weighted by molar-refractivity contribution is 0.0594. The maximum absolute atomic E-state index is 11.6. The SMILES string of the molecule is COC(=O)c1nc(N(C)c2cccc(C#N)c2)sc1C. The number of methoxy groups -OCH3 is 1. The topological polar surface area (TPSA) is 66.2 Å². The third-order valence-corrected chi connectivity index (χ3v) is 3.86. The molecule has 0 aliphatic heterocycles. The van der Waals surface area contributed by atoms with E-state index in [4.69, 9.17) is 10.00 Å². The molecule has 1 aromatic heterocycles. The Morgan fingerprint density at radius 2 is 2.25 bits per heavy atom. The van der Waals surface area contributed by atoms with Crippen LogP contribution in [0, 0.1) is 18.3 Å². The van der Waals surface area contributed by atoms with Gasteiger partial charge in [0.25, 0.3) is 0 Å². The van der Waals surface area contributed by atoms with Crippen LogP contribution in [-0.2, 0) is 4.74 Å². The van der Waals surface area contributed by atoms with E-state index in [-0.39, 0.29) is 0 Å². The molecule has 0 atom stereocenters. The number of nitriles is 1. The summed E-state index contributed by atoms with van der Waals surface area (Å²) in [6.07, 6.45) is 0. The maximum atomic E-state index is 11.6. The molecule has 0 radical (unpaired) electrons. The largest absolute Gasteiger partial charge is 0.464 e. The van der Waals surface area contributed by atoms with Crippen molar-refractivity contribution in [3.63, 3.8) is 0 Å². The van der Waals surface area contributed by atoms with Crippen molar-refractivity contribution < 1.29 is 9.53 Å². The molecule has 0 fully saturated rings. The van der Waals surface area contributed by atoms with Gasteiger partial charge in [-0.1, -0.05) is 6.07 Å². The van der Waals surface area contributed by atoms with Crippen molar-refractivity contribution in [2.75, 3.05) is 19.1 Å². The van der Waals surface area contributed by atoms with Crippen LogP contribution >= 0.6 is 11.3 Å². The van der Waals surface area contributed by atoms with Gasteiger partial charge < -0.3 is 9.64 Å². The van der Waals surface area contributed by atoms with Gasteiger partial charge in [-0.3, -0.25) is 0 Å². The third-order valence-electron chi connectivity index (χ3n) is 2.81. The van der Waals surface area contributed by atoms with Crippen molar-refractivity contribution in [1.29, 1.82) is 5.26 Å². The van der Waals surface area contributed by atoms with E-state index in [2.05, 4.69) is 11.1 Å². The lowest BCUT2D eigenvalue weighted by Gasteiger charge is -2.15. The van der Waals surface area contributed by atoms with E-state index in [1.165, 1.54) is 18.4 Å². The molecule has 2 rings (SSSR count). The fraction of sp³-hybridized carbons (Fsp3) is 0.214. The first-order valence-electron chi connectivity index (χ1n) is 5.86. The molecule has 0 saturated heterocycles. The van der Waals surface area contributed by atoms with Crippen molar-refractivity contribution >= 4 is 28.1 Å². The van der Waals surface area contributed by atoms with E-state index < -0.39 is 5.97 Å². The van der Waals surface area contributed by atoms with E-state index in [1.807, 2.05) is 31.0 Å². The van der Waals surface area contributed by atoms with Crippen molar-refractivity contribution in [2.24, 2.45) is 0 Å². The summed E-state index contributed by atoms with van der Waals surface area (Å²) in [5, 5.41) is 9.60. The Kier molecular flexibility index (Phi) is 4.01. The van der Waals surface area contributed by atoms with Crippen LogP contribution in [0.3, 0.4) is 0 Å². The van der Waals surface area contributed by atoms with Gasteiger partial charge in [0.2, 0.25) is 0 Å². The Morgan fingerprint density at radius 1 is 1.50 bits per heavy atom. The number of hydrogen-bond donors (Lipinski definition) is 0. The minimum atomic E-state index is -0.441. The Labute approximate surface area is 121 Å². The molecular weight excluding hydrogens is 274 g/mol. The fourth-order valence-corrected chi connectivity index (χ4v) is 2.59. The van der Waals surface area contributed by atoms with E-state index in [0.29, 0.717) is 16.4 Å². The lowest BCUT2D eigenvalue weighted by Crippen LogP contribution is -2.10. The molecule has 102 valence electrons. The van der Waals surface area contributed by atoms with Crippen molar-refractivity contribution in [3.05, 3.63) is 40.4 Å². The summed E-state index contributed by atoms with van der Waals surface area (Å²) < 4.78 is 4.70. The Morgan fingerprint density at radius 3 is 2.90 bits per heavy atom. The molecule has 5 nitrogen and oxygen atoms in total. The molecule has 0 bridgehead atoms. The third kappa shape index (κ3) is 2.63. The molecule has 0 N–H and O–H groups in total. The molecule has 2 aromatic rings. The second-order valence-corrected chi connectivity index (χ2v) is 5.30. The number of rotatable bonds is 3. The maximum Gasteiger partial charge on any atom is 0.357 e. The molecule has 1 heterocycles. The van der Waals surface area contributed by atoms with Gasteiger partial charge in [0.15, 0.2) is 10.8 Å². The smallest absolute Gasteiger partial charge is 0.357 e. The van der Waals surface area contributed by atoms with Gasteiger partial charge in [-0.05, 0) is 25.1 Å². The summed E-state index contributed by atoms with van der Waals surface area (Å²) in [6.45, 7) is 1.83. The van der Waals surface area contributed by atoms with Crippen LogP contribution in [0.1, 0.15) is 20.9 Å². The van der Waals surface area contributed by atoms with Crippen LogP contribution in [0.25, 0.3) is 0 Å². The summed E-state index contributed by atoms with van der Waals surface area (Å²) in [6, 6.07) is 9.31. The zero-order chi connectivity index (χ0) is 14.7. The number of carbonyl (C=O) groups is 1. The van der Waals surface area contributed by atoms with Gasteiger partial charge in [0, 0.05) is 17.6 Å². The molecule has 0 aliphatic rings. The van der Waals surface area contributed by atoms with E-state index >= 15 is 0 Å². The lowest BCUT2D eigenvalue weighted by atomic mass is 10.2. The average molecular weight is 287 g/mol. The number of nitrogens with zero attached hydrogens (tertiary/aromatic N) is 3. The highest BCUT2D eigenvalue weighted by atomic mass is 32.1. The van der Waals surface area contributed by atoms with Crippen molar-refractivity contribution in [1.82, 2.24) is 4.98 Å². The fourth-order valence-electron chi connectivity index (χ4n) is 1.71. The number of hydrogen-bond acceptors (Lipinski definition) is 6. The Hall–Kier alpha value is -2.39. The monoisotopic (exact) mass is 287 g/mol.